The molecule has 2 atom stereocenters. The van der Waals surface area contributed by atoms with Crippen molar-refractivity contribution in [1.82, 2.24) is 20.5 Å². The number of hydrogen-bond donors (Lipinski definition) is 3. The van der Waals surface area contributed by atoms with Crippen LogP contribution in [0.3, 0.4) is 0 Å². The van der Waals surface area contributed by atoms with Gasteiger partial charge >= 0.3 is 0 Å². The lowest BCUT2D eigenvalue weighted by atomic mass is 9.84. The van der Waals surface area contributed by atoms with Gasteiger partial charge in [-0.1, -0.05) is 30.3 Å². The fourth-order valence-electron chi connectivity index (χ4n) is 4.45. The van der Waals surface area contributed by atoms with Crippen molar-refractivity contribution in [1.29, 1.82) is 0 Å². The third kappa shape index (κ3) is 3.62. The number of aromatic nitrogens is 1. The molecule has 2 aliphatic rings. The molecule has 1 aromatic heterocycles. The minimum Gasteiger partial charge on any atom is -0.357 e. The Bertz CT molecular complexity index is 790. The van der Waals surface area contributed by atoms with E-state index in [0.29, 0.717) is 18.7 Å². The van der Waals surface area contributed by atoms with Gasteiger partial charge in [-0.3, -0.25) is 14.5 Å². The molecule has 0 spiro atoms. The summed E-state index contributed by atoms with van der Waals surface area (Å²) in [6, 6.07) is 13.5. The largest absolute Gasteiger partial charge is 0.357 e. The lowest BCUT2D eigenvalue weighted by Crippen LogP contribution is -2.57. The van der Waals surface area contributed by atoms with E-state index in [0.717, 1.165) is 37.9 Å². The Kier molecular flexibility index (Phi) is 4.99. The first-order valence-electron chi connectivity index (χ1n) is 9.69. The van der Waals surface area contributed by atoms with Gasteiger partial charge in [-0.2, -0.15) is 0 Å². The fraction of sp³-hybridized carbons (Fsp3) is 0.429. The van der Waals surface area contributed by atoms with Crippen LogP contribution >= 0.6 is 0 Å². The molecule has 6 heteroatoms. The van der Waals surface area contributed by atoms with Crippen LogP contribution in [0.25, 0.3) is 0 Å². The normalized spacial score (nSPS) is 25.0. The van der Waals surface area contributed by atoms with Crippen molar-refractivity contribution in [3.63, 3.8) is 0 Å². The lowest BCUT2D eigenvalue weighted by Gasteiger charge is -2.40. The number of H-pyrrole nitrogens is 1. The summed E-state index contributed by atoms with van der Waals surface area (Å²) in [5, 5.41) is 6.23. The number of nitrogens with zero attached hydrogens (tertiary/aromatic N) is 1. The average Bonchev–Trinajstić information content (AvgIpc) is 3.35. The van der Waals surface area contributed by atoms with Crippen LogP contribution in [0, 0.1) is 0 Å². The molecule has 0 unspecified atom stereocenters. The molecule has 3 heterocycles. The summed E-state index contributed by atoms with van der Waals surface area (Å²) in [7, 11) is 0. The van der Waals surface area contributed by atoms with Gasteiger partial charge in [-0.15, -0.1) is 0 Å². The molecular formula is C21H26N4O2. The highest BCUT2D eigenvalue weighted by atomic mass is 16.2. The van der Waals surface area contributed by atoms with Crippen LogP contribution in [0.4, 0.5) is 0 Å². The Morgan fingerprint density at radius 3 is 2.78 bits per heavy atom. The van der Waals surface area contributed by atoms with Crippen molar-refractivity contribution in [2.45, 2.75) is 43.8 Å². The zero-order valence-corrected chi connectivity index (χ0v) is 15.4. The molecule has 2 amide bonds. The molecule has 0 bridgehead atoms. The van der Waals surface area contributed by atoms with Crippen LogP contribution < -0.4 is 10.6 Å². The second-order valence-corrected chi connectivity index (χ2v) is 7.56. The SMILES string of the molecule is O=C(N[C@@H]1CN2CCCC[C@@]2(C(=O)NCc2ccccc2)C1)c1ccc[nH]1. The Morgan fingerprint density at radius 1 is 1.15 bits per heavy atom. The number of rotatable bonds is 5. The van der Waals surface area contributed by atoms with Crippen molar-refractivity contribution in [2.75, 3.05) is 13.1 Å². The molecule has 0 aliphatic carbocycles. The van der Waals surface area contributed by atoms with Crippen LogP contribution in [0.5, 0.6) is 0 Å². The molecule has 1 aromatic carbocycles. The predicted molar refractivity (Wildman–Crippen MR) is 103 cm³/mol. The number of carbonyl (C=O) groups is 2. The highest BCUT2D eigenvalue weighted by molar-refractivity contribution is 5.93. The molecule has 6 nitrogen and oxygen atoms in total. The topological polar surface area (TPSA) is 77.2 Å². The first kappa shape index (κ1) is 17.8. The van der Waals surface area contributed by atoms with Crippen LogP contribution in [0.15, 0.2) is 48.7 Å². The van der Waals surface area contributed by atoms with E-state index < -0.39 is 5.54 Å². The smallest absolute Gasteiger partial charge is 0.267 e. The quantitative estimate of drug-likeness (QED) is 0.758. The van der Waals surface area contributed by atoms with Gasteiger partial charge in [0.15, 0.2) is 0 Å². The molecule has 0 saturated carbocycles. The van der Waals surface area contributed by atoms with Gasteiger partial charge in [0, 0.05) is 25.3 Å². The predicted octanol–water partition coefficient (Wildman–Crippen LogP) is 2.06. The number of nitrogens with one attached hydrogen (secondary N) is 3. The second kappa shape index (κ2) is 7.56. The maximum Gasteiger partial charge on any atom is 0.267 e. The van der Waals surface area contributed by atoms with Gasteiger partial charge in [0.1, 0.15) is 11.2 Å². The summed E-state index contributed by atoms with van der Waals surface area (Å²) >= 11 is 0. The summed E-state index contributed by atoms with van der Waals surface area (Å²) in [4.78, 5) is 30.8. The third-order valence-corrected chi connectivity index (χ3v) is 5.79. The van der Waals surface area contributed by atoms with Crippen molar-refractivity contribution >= 4 is 11.8 Å². The second-order valence-electron chi connectivity index (χ2n) is 7.56. The number of fused-ring (bicyclic) bond motifs is 1. The van der Waals surface area contributed by atoms with E-state index in [-0.39, 0.29) is 17.9 Å². The Labute approximate surface area is 159 Å². The first-order valence-corrected chi connectivity index (χ1v) is 9.69. The molecule has 27 heavy (non-hydrogen) atoms. The number of carbonyl (C=O) groups excluding carboxylic acids is 2. The number of benzene rings is 1. The summed E-state index contributed by atoms with van der Waals surface area (Å²) in [5.74, 6) is -0.0210. The Balaban J connectivity index is 1.44. The molecular weight excluding hydrogens is 340 g/mol. The molecule has 142 valence electrons. The average molecular weight is 366 g/mol. The van der Waals surface area contributed by atoms with Crippen molar-refractivity contribution in [2.24, 2.45) is 0 Å². The van der Waals surface area contributed by atoms with E-state index >= 15 is 0 Å². The van der Waals surface area contributed by atoms with Gasteiger partial charge in [-0.05, 0) is 49.9 Å². The van der Waals surface area contributed by atoms with Crippen LogP contribution in [-0.2, 0) is 11.3 Å². The van der Waals surface area contributed by atoms with E-state index in [4.69, 9.17) is 0 Å². The summed E-state index contributed by atoms with van der Waals surface area (Å²) in [5.41, 5.74) is 1.16. The number of aromatic amines is 1. The summed E-state index contributed by atoms with van der Waals surface area (Å²) in [6.07, 6.45) is 5.41. The van der Waals surface area contributed by atoms with Gasteiger partial charge in [-0.25, -0.2) is 0 Å². The molecule has 2 aliphatic heterocycles. The minimum atomic E-state index is -0.499. The highest BCUT2D eigenvalue weighted by Gasteiger charge is 2.52. The Hall–Kier alpha value is -2.60. The minimum absolute atomic E-state index is 0.0126. The lowest BCUT2D eigenvalue weighted by molar-refractivity contribution is -0.134. The van der Waals surface area contributed by atoms with Crippen LogP contribution in [0.2, 0.25) is 0 Å². The van der Waals surface area contributed by atoms with Gasteiger partial charge < -0.3 is 15.6 Å². The van der Waals surface area contributed by atoms with Crippen molar-refractivity contribution in [3.8, 4) is 0 Å². The van der Waals surface area contributed by atoms with Crippen LogP contribution in [0.1, 0.15) is 41.7 Å². The monoisotopic (exact) mass is 366 g/mol. The highest BCUT2D eigenvalue weighted by Crippen LogP contribution is 2.38. The van der Waals surface area contributed by atoms with Gasteiger partial charge in [0.05, 0.1) is 0 Å². The standard InChI is InChI=1S/C21H26N4O2/c26-19(18-9-6-11-22-18)24-17-13-21(10-4-5-12-25(21)15-17)20(27)23-14-16-7-2-1-3-8-16/h1-3,6-9,11,17,22H,4-5,10,12-15H2,(H,23,27)(H,24,26)/t17-,21-/m0/s1. The molecule has 3 N–H and O–H groups in total. The van der Waals surface area contributed by atoms with E-state index in [9.17, 15) is 9.59 Å². The first-order chi connectivity index (χ1) is 13.2. The summed E-state index contributed by atoms with van der Waals surface area (Å²) < 4.78 is 0. The van der Waals surface area contributed by atoms with E-state index in [1.54, 1.807) is 12.3 Å². The zero-order chi connectivity index (χ0) is 18.7. The maximum atomic E-state index is 13.2. The van der Waals surface area contributed by atoms with Crippen molar-refractivity contribution in [3.05, 3.63) is 59.9 Å². The zero-order valence-electron chi connectivity index (χ0n) is 15.4. The molecule has 4 rings (SSSR count). The fourth-order valence-corrected chi connectivity index (χ4v) is 4.45. The van der Waals surface area contributed by atoms with Crippen molar-refractivity contribution < 1.29 is 9.59 Å². The number of piperidine rings is 1. The van der Waals surface area contributed by atoms with Gasteiger partial charge in [0.25, 0.3) is 5.91 Å². The molecule has 2 fully saturated rings. The molecule has 2 saturated heterocycles. The Morgan fingerprint density at radius 2 is 2.00 bits per heavy atom. The van der Waals surface area contributed by atoms with E-state index in [2.05, 4.69) is 20.5 Å². The van der Waals surface area contributed by atoms with Crippen LogP contribution in [-0.4, -0.2) is 46.4 Å². The van der Waals surface area contributed by atoms with E-state index in [1.807, 2.05) is 36.4 Å². The molecule has 2 aromatic rings. The molecule has 0 radical (unpaired) electrons. The number of hydrogen-bond acceptors (Lipinski definition) is 3. The number of amides is 2. The maximum absolute atomic E-state index is 13.2. The third-order valence-electron chi connectivity index (χ3n) is 5.79. The van der Waals surface area contributed by atoms with Gasteiger partial charge in [0.2, 0.25) is 5.91 Å². The van der Waals surface area contributed by atoms with E-state index in [1.165, 1.54) is 0 Å². The summed E-state index contributed by atoms with van der Waals surface area (Å²) in [6.45, 7) is 2.17.